The van der Waals surface area contributed by atoms with Crippen molar-refractivity contribution in [2.75, 3.05) is 0 Å². The van der Waals surface area contributed by atoms with Gasteiger partial charge in [0.25, 0.3) is 5.56 Å². The number of halogens is 3. The second kappa shape index (κ2) is 8.83. The Balaban J connectivity index is 1.78. The molecule has 2 heterocycles. The maximum Gasteiger partial charge on any atom is 0.354 e. The van der Waals surface area contributed by atoms with Crippen molar-refractivity contribution in [3.8, 4) is 5.75 Å². The fourth-order valence-corrected chi connectivity index (χ4v) is 4.82. The summed E-state index contributed by atoms with van der Waals surface area (Å²) in [5, 5.41) is 12.3. The van der Waals surface area contributed by atoms with Gasteiger partial charge in [0.15, 0.2) is 11.3 Å². The van der Waals surface area contributed by atoms with Crippen molar-refractivity contribution in [2.45, 2.75) is 16.3 Å². The molecule has 0 unspecified atom stereocenters. The minimum atomic E-state index is -0.781. The minimum Gasteiger partial charge on any atom is -0.505 e. The minimum absolute atomic E-state index is 0.0324. The smallest absolute Gasteiger partial charge is 0.354 e. The Labute approximate surface area is 206 Å². The third-order valence-corrected chi connectivity index (χ3v) is 6.86. The van der Waals surface area contributed by atoms with Crippen molar-refractivity contribution in [1.82, 2.24) is 4.57 Å². The van der Waals surface area contributed by atoms with Crippen LogP contribution in [0.15, 0.2) is 90.5 Å². The Morgan fingerprint density at radius 1 is 0.941 bits per heavy atom. The summed E-state index contributed by atoms with van der Waals surface area (Å²) in [6.45, 7) is 0.0874. The molecule has 5 rings (SSSR count). The Morgan fingerprint density at radius 2 is 1.62 bits per heavy atom. The first-order valence-electron chi connectivity index (χ1n) is 10.0. The predicted octanol–water partition coefficient (Wildman–Crippen LogP) is 6.46. The average Bonchev–Trinajstić information content (AvgIpc) is 2.81. The van der Waals surface area contributed by atoms with Crippen molar-refractivity contribution in [3.05, 3.63) is 109 Å². The van der Waals surface area contributed by atoms with E-state index in [1.807, 2.05) is 0 Å². The molecule has 0 aliphatic rings. The van der Waals surface area contributed by atoms with Crippen LogP contribution in [0.3, 0.4) is 0 Å². The molecule has 3 aromatic carbocycles. The molecule has 170 valence electrons. The van der Waals surface area contributed by atoms with E-state index in [1.165, 1.54) is 16.7 Å². The molecule has 0 aliphatic heterocycles. The highest BCUT2D eigenvalue weighted by atomic mass is 35.5. The highest BCUT2D eigenvalue weighted by Crippen LogP contribution is 2.37. The number of hydrogen-bond acceptors (Lipinski definition) is 5. The second-order valence-corrected chi connectivity index (χ2v) is 9.46. The van der Waals surface area contributed by atoms with Gasteiger partial charge in [-0.1, -0.05) is 47.1 Å². The molecular weight excluding hydrogens is 500 g/mol. The van der Waals surface area contributed by atoms with Gasteiger partial charge in [-0.15, -0.1) is 0 Å². The van der Waals surface area contributed by atoms with E-state index in [4.69, 9.17) is 27.6 Å². The van der Waals surface area contributed by atoms with Crippen LogP contribution < -0.4 is 11.2 Å². The lowest BCUT2D eigenvalue weighted by atomic mass is 10.1. The van der Waals surface area contributed by atoms with Crippen molar-refractivity contribution in [1.29, 1.82) is 0 Å². The Kier molecular flexibility index (Phi) is 5.85. The molecular formula is C25H14Cl2FNO4S. The molecule has 9 heteroatoms. The van der Waals surface area contributed by atoms with Crippen LogP contribution in [-0.4, -0.2) is 9.67 Å². The van der Waals surface area contributed by atoms with Crippen molar-refractivity contribution >= 4 is 56.8 Å². The lowest BCUT2D eigenvalue weighted by Crippen LogP contribution is -2.23. The van der Waals surface area contributed by atoms with Crippen LogP contribution in [0, 0.1) is 5.82 Å². The molecule has 0 amide bonds. The van der Waals surface area contributed by atoms with E-state index >= 15 is 0 Å². The normalized spacial score (nSPS) is 11.4. The van der Waals surface area contributed by atoms with E-state index in [1.54, 1.807) is 54.6 Å². The van der Waals surface area contributed by atoms with Gasteiger partial charge in [-0.25, -0.2) is 9.18 Å². The molecule has 0 saturated heterocycles. The Bertz CT molecular complexity index is 1680. The zero-order valence-electron chi connectivity index (χ0n) is 17.2. The molecule has 0 saturated carbocycles. The van der Waals surface area contributed by atoms with Gasteiger partial charge in [-0.2, -0.15) is 0 Å². The Hall–Kier alpha value is -3.26. The molecule has 0 bridgehead atoms. The van der Waals surface area contributed by atoms with E-state index < -0.39 is 22.8 Å². The van der Waals surface area contributed by atoms with Gasteiger partial charge >= 0.3 is 5.63 Å². The van der Waals surface area contributed by atoms with Crippen LogP contribution >= 0.6 is 35.0 Å². The summed E-state index contributed by atoms with van der Waals surface area (Å²) in [6.07, 6.45) is 0. The molecule has 0 spiro atoms. The first-order valence-corrected chi connectivity index (χ1v) is 11.6. The largest absolute Gasteiger partial charge is 0.505 e. The van der Waals surface area contributed by atoms with E-state index in [2.05, 4.69) is 0 Å². The number of fused-ring (bicyclic) bond motifs is 3. The van der Waals surface area contributed by atoms with E-state index in [-0.39, 0.29) is 22.4 Å². The molecule has 0 fully saturated rings. The maximum atomic E-state index is 13.6. The second-order valence-electron chi connectivity index (χ2n) is 7.51. The molecule has 5 nitrogen and oxygen atoms in total. The quantitative estimate of drug-likeness (QED) is 0.279. The SMILES string of the molecule is O=c1oc2c(c(O)c1Sc1ccc(Cl)cc1)c(=O)n(Cc1ccc(F)cc1)c1cc(Cl)ccc21. The van der Waals surface area contributed by atoms with Crippen LogP contribution in [0.4, 0.5) is 4.39 Å². The van der Waals surface area contributed by atoms with Crippen LogP contribution in [0.1, 0.15) is 5.56 Å². The first kappa shape index (κ1) is 22.5. The van der Waals surface area contributed by atoms with Crippen molar-refractivity contribution < 1.29 is 13.9 Å². The van der Waals surface area contributed by atoms with E-state index in [9.17, 15) is 19.1 Å². The molecule has 0 atom stereocenters. The summed E-state index contributed by atoms with van der Waals surface area (Å²) in [5.74, 6) is -0.869. The van der Waals surface area contributed by atoms with E-state index in [0.717, 1.165) is 11.8 Å². The number of hydrogen-bond donors (Lipinski definition) is 1. The zero-order chi connectivity index (χ0) is 24.0. The summed E-state index contributed by atoms with van der Waals surface area (Å²) in [4.78, 5) is 26.9. The van der Waals surface area contributed by atoms with Crippen molar-refractivity contribution in [3.63, 3.8) is 0 Å². The zero-order valence-corrected chi connectivity index (χ0v) is 19.5. The van der Waals surface area contributed by atoms with Crippen LogP contribution in [0.5, 0.6) is 5.75 Å². The fraction of sp³-hybridized carbons (Fsp3) is 0.0400. The molecule has 0 radical (unpaired) electrons. The molecule has 0 aliphatic carbocycles. The standard InChI is InChI=1S/C25H14Cl2FNO4S/c26-14-3-8-17(9-4-14)34-23-21(30)20-22(33-25(23)32)18-10-5-15(27)11-19(18)29(24(20)31)12-13-1-6-16(28)7-2-13/h1-11,30H,12H2. The number of benzene rings is 3. The number of pyridine rings is 1. The molecule has 5 aromatic rings. The number of aromatic hydroxyl groups is 1. The Morgan fingerprint density at radius 3 is 2.32 bits per heavy atom. The number of aromatic nitrogens is 1. The summed E-state index contributed by atoms with van der Waals surface area (Å²) in [6, 6.07) is 17.2. The van der Waals surface area contributed by atoms with E-state index in [0.29, 0.717) is 31.4 Å². The third-order valence-electron chi connectivity index (χ3n) is 5.30. The van der Waals surface area contributed by atoms with Gasteiger partial charge in [-0.05, 0) is 60.2 Å². The summed E-state index contributed by atoms with van der Waals surface area (Å²) < 4.78 is 20.4. The highest BCUT2D eigenvalue weighted by Gasteiger charge is 2.22. The lowest BCUT2D eigenvalue weighted by Gasteiger charge is -2.14. The third kappa shape index (κ3) is 4.07. The van der Waals surface area contributed by atoms with Crippen molar-refractivity contribution in [2.24, 2.45) is 0 Å². The summed E-state index contributed by atoms with van der Waals surface area (Å²) in [7, 11) is 0. The van der Waals surface area contributed by atoms with Gasteiger partial charge in [0.1, 0.15) is 16.1 Å². The average molecular weight is 514 g/mol. The van der Waals surface area contributed by atoms with Gasteiger partial charge < -0.3 is 14.1 Å². The number of rotatable bonds is 4. The summed E-state index contributed by atoms with van der Waals surface area (Å²) >= 11 is 13.1. The molecule has 2 aromatic heterocycles. The van der Waals surface area contributed by atoms with Gasteiger partial charge in [0.05, 0.1) is 12.1 Å². The first-order chi connectivity index (χ1) is 16.3. The number of nitrogens with zero attached hydrogens (tertiary/aromatic N) is 1. The van der Waals surface area contributed by atoms with Gasteiger partial charge in [0, 0.05) is 20.3 Å². The predicted molar refractivity (Wildman–Crippen MR) is 132 cm³/mol. The molecule has 34 heavy (non-hydrogen) atoms. The van der Waals surface area contributed by atoms with Gasteiger partial charge in [0.2, 0.25) is 0 Å². The monoisotopic (exact) mass is 513 g/mol. The van der Waals surface area contributed by atoms with Gasteiger partial charge in [-0.3, -0.25) is 4.79 Å². The topological polar surface area (TPSA) is 72.4 Å². The lowest BCUT2D eigenvalue weighted by molar-refractivity contribution is 0.446. The highest BCUT2D eigenvalue weighted by molar-refractivity contribution is 7.99. The summed E-state index contributed by atoms with van der Waals surface area (Å²) in [5.41, 5.74) is -0.313. The maximum absolute atomic E-state index is 13.6. The van der Waals surface area contributed by atoms with Crippen LogP contribution in [-0.2, 0) is 6.54 Å². The molecule has 1 N–H and O–H groups in total. The fourth-order valence-electron chi connectivity index (χ4n) is 3.70. The van der Waals surface area contributed by atoms with Crippen LogP contribution in [0.25, 0.3) is 21.9 Å². The van der Waals surface area contributed by atoms with Crippen LogP contribution in [0.2, 0.25) is 10.0 Å².